The molecule has 0 radical (unpaired) electrons. The first-order valence-corrected chi connectivity index (χ1v) is 7.06. The summed E-state index contributed by atoms with van der Waals surface area (Å²) in [5.74, 6) is 0.699. The molecule has 0 amide bonds. The lowest BCUT2D eigenvalue weighted by molar-refractivity contribution is 0.0466. The average Bonchev–Trinajstić information content (AvgIpc) is 2.47. The van der Waals surface area contributed by atoms with Crippen LogP contribution >= 0.6 is 0 Å². The SMILES string of the molecule is CCC(N)C(c1ccc(OC)cc1)N(CCO)CC(F)F. The minimum Gasteiger partial charge on any atom is -0.497 e. The van der Waals surface area contributed by atoms with Crippen molar-refractivity contribution >= 4 is 0 Å². The van der Waals surface area contributed by atoms with E-state index in [4.69, 9.17) is 15.6 Å². The van der Waals surface area contributed by atoms with E-state index in [1.54, 1.807) is 24.1 Å². The molecular formula is C15H24F2N2O2. The van der Waals surface area contributed by atoms with E-state index in [9.17, 15) is 8.78 Å². The number of aliphatic hydroxyl groups excluding tert-OH is 1. The highest BCUT2D eigenvalue weighted by Crippen LogP contribution is 2.27. The lowest BCUT2D eigenvalue weighted by atomic mass is 9.96. The van der Waals surface area contributed by atoms with Crippen LogP contribution in [0, 0.1) is 0 Å². The Morgan fingerprint density at radius 3 is 2.33 bits per heavy atom. The molecular weight excluding hydrogens is 278 g/mol. The van der Waals surface area contributed by atoms with Gasteiger partial charge >= 0.3 is 0 Å². The Morgan fingerprint density at radius 1 is 1.29 bits per heavy atom. The maximum atomic E-state index is 12.8. The number of nitrogens with zero attached hydrogens (tertiary/aromatic N) is 1. The van der Waals surface area contributed by atoms with Gasteiger partial charge in [0.15, 0.2) is 0 Å². The third-order valence-electron chi connectivity index (χ3n) is 3.49. The molecule has 4 nitrogen and oxygen atoms in total. The largest absolute Gasteiger partial charge is 0.497 e. The fraction of sp³-hybridized carbons (Fsp3) is 0.600. The van der Waals surface area contributed by atoms with Crippen molar-refractivity contribution in [3.63, 3.8) is 0 Å². The third-order valence-corrected chi connectivity index (χ3v) is 3.49. The number of methoxy groups -OCH3 is 1. The summed E-state index contributed by atoms with van der Waals surface area (Å²) in [6.45, 7) is 1.48. The number of rotatable bonds is 9. The van der Waals surface area contributed by atoms with Crippen LogP contribution in [0.25, 0.3) is 0 Å². The van der Waals surface area contributed by atoms with Gasteiger partial charge in [-0.25, -0.2) is 8.78 Å². The first-order chi connectivity index (χ1) is 10.0. The quantitative estimate of drug-likeness (QED) is 0.733. The second-order valence-corrected chi connectivity index (χ2v) is 4.90. The summed E-state index contributed by atoms with van der Waals surface area (Å²) >= 11 is 0. The number of halogens is 2. The molecule has 1 aromatic rings. The molecule has 1 rings (SSSR count). The molecule has 2 atom stereocenters. The van der Waals surface area contributed by atoms with Crippen LogP contribution in [0.15, 0.2) is 24.3 Å². The Balaban J connectivity index is 3.05. The molecule has 2 unspecified atom stereocenters. The highest BCUT2D eigenvalue weighted by Gasteiger charge is 2.27. The number of alkyl halides is 2. The highest BCUT2D eigenvalue weighted by molar-refractivity contribution is 5.30. The summed E-state index contributed by atoms with van der Waals surface area (Å²) < 4.78 is 30.7. The Labute approximate surface area is 124 Å². The Morgan fingerprint density at radius 2 is 1.90 bits per heavy atom. The third kappa shape index (κ3) is 5.22. The highest BCUT2D eigenvalue weighted by atomic mass is 19.3. The van der Waals surface area contributed by atoms with Crippen molar-refractivity contribution in [1.82, 2.24) is 4.90 Å². The van der Waals surface area contributed by atoms with E-state index in [2.05, 4.69) is 0 Å². The van der Waals surface area contributed by atoms with Gasteiger partial charge in [0.2, 0.25) is 0 Å². The van der Waals surface area contributed by atoms with Crippen LogP contribution in [-0.4, -0.2) is 49.3 Å². The lowest BCUT2D eigenvalue weighted by Gasteiger charge is -2.35. The van der Waals surface area contributed by atoms with Crippen molar-refractivity contribution in [2.45, 2.75) is 31.9 Å². The predicted octanol–water partition coefficient (Wildman–Crippen LogP) is 2.03. The fourth-order valence-electron chi connectivity index (χ4n) is 2.40. The molecule has 0 saturated heterocycles. The summed E-state index contributed by atoms with van der Waals surface area (Å²) in [6, 6.07) is 6.57. The standard InChI is InChI=1S/C15H24F2N2O2/c1-3-13(18)15(19(8-9-20)10-14(16)17)11-4-6-12(21-2)7-5-11/h4-7,13-15,20H,3,8-10,18H2,1-2H3. The van der Waals surface area contributed by atoms with Gasteiger partial charge in [0.25, 0.3) is 6.43 Å². The number of ether oxygens (including phenoxy) is 1. The molecule has 0 aliphatic heterocycles. The molecule has 0 heterocycles. The van der Waals surface area contributed by atoms with E-state index in [1.807, 2.05) is 19.1 Å². The number of benzene rings is 1. The van der Waals surface area contributed by atoms with Gasteiger partial charge < -0.3 is 15.6 Å². The summed E-state index contributed by atoms with van der Waals surface area (Å²) in [7, 11) is 1.57. The summed E-state index contributed by atoms with van der Waals surface area (Å²) in [5, 5.41) is 9.13. The van der Waals surface area contributed by atoms with Gasteiger partial charge in [-0.05, 0) is 24.1 Å². The molecule has 120 valence electrons. The minimum atomic E-state index is -2.47. The van der Waals surface area contributed by atoms with Crippen LogP contribution in [0.1, 0.15) is 24.9 Å². The van der Waals surface area contributed by atoms with Crippen LogP contribution in [0.3, 0.4) is 0 Å². The molecule has 21 heavy (non-hydrogen) atoms. The van der Waals surface area contributed by atoms with Crippen LogP contribution < -0.4 is 10.5 Å². The molecule has 0 aliphatic carbocycles. The number of hydrogen-bond acceptors (Lipinski definition) is 4. The first-order valence-electron chi connectivity index (χ1n) is 7.06. The van der Waals surface area contributed by atoms with Crippen molar-refractivity contribution in [1.29, 1.82) is 0 Å². The zero-order valence-electron chi connectivity index (χ0n) is 12.5. The van der Waals surface area contributed by atoms with Gasteiger partial charge in [-0.1, -0.05) is 19.1 Å². The summed E-state index contributed by atoms with van der Waals surface area (Å²) in [6.07, 6.45) is -1.82. The maximum Gasteiger partial charge on any atom is 0.251 e. The second kappa shape index (κ2) is 8.92. The summed E-state index contributed by atoms with van der Waals surface area (Å²) in [5.41, 5.74) is 6.97. The molecule has 6 heteroatoms. The Kier molecular flexibility index (Phi) is 7.56. The zero-order chi connectivity index (χ0) is 15.8. The van der Waals surface area contributed by atoms with Crippen molar-refractivity contribution in [3.05, 3.63) is 29.8 Å². The van der Waals surface area contributed by atoms with Gasteiger partial charge in [-0.2, -0.15) is 0 Å². The van der Waals surface area contributed by atoms with Gasteiger partial charge in [0.1, 0.15) is 5.75 Å². The first kappa shape index (κ1) is 17.8. The van der Waals surface area contributed by atoms with Crippen LogP contribution in [0.4, 0.5) is 8.78 Å². The van der Waals surface area contributed by atoms with E-state index in [1.165, 1.54) is 0 Å². The minimum absolute atomic E-state index is 0.161. The van der Waals surface area contributed by atoms with E-state index in [-0.39, 0.29) is 25.2 Å². The molecule has 0 aliphatic rings. The number of aliphatic hydroxyl groups is 1. The van der Waals surface area contributed by atoms with Crippen LogP contribution in [-0.2, 0) is 0 Å². The smallest absolute Gasteiger partial charge is 0.251 e. The van der Waals surface area contributed by atoms with E-state index in [0.29, 0.717) is 12.2 Å². The average molecular weight is 302 g/mol. The van der Waals surface area contributed by atoms with E-state index in [0.717, 1.165) is 5.56 Å². The van der Waals surface area contributed by atoms with Crippen LogP contribution in [0.2, 0.25) is 0 Å². The van der Waals surface area contributed by atoms with E-state index >= 15 is 0 Å². The van der Waals surface area contributed by atoms with Crippen molar-refractivity contribution in [2.75, 3.05) is 26.8 Å². The number of nitrogens with two attached hydrogens (primary N) is 1. The van der Waals surface area contributed by atoms with Gasteiger partial charge in [-0.3, -0.25) is 4.90 Å². The second-order valence-electron chi connectivity index (χ2n) is 4.90. The zero-order valence-corrected chi connectivity index (χ0v) is 12.5. The van der Waals surface area contributed by atoms with Crippen LogP contribution in [0.5, 0.6) is 5.75 Å². The molecule has 0 bridgehead atoms. The molecule has 0 saturated carbocycles. The van der Waals surface area contributed by atoms with Crippen molar-refractivity contribution < 1.29 is 18.6 Å². The van der Waals surface area contributed by atoms with Crippen molar-refractivity contribution in [3.8, 4) is 5.75 Å². The molecule has 0 spiro atoms. The summed E-state index contributed by atoms with van der Waals surface area (Å²) in [4.78, 5) is 1.54. The maximum absolute atomic E-state index is 12.8. The topological polar surface area (TPSA) is 58.7 Å². The van der Waals surface area contributed by atoms with Gasteiger partial charge in [0, 0.05) is 12.6 Å². The lowest BCUT2D eigenvalue weighted by Crippen LogP contribution is -2.44. The molecule has 0 aromatic heterocycles. The fourth-order valence-corrected chi connectivity index (χ4v) is 2.40. The molecule has 0 fully saturated rings. The van der Waals surface area contributed by atoms with E-state index < -0.39 is 13.0 Å². The molecule has 1 aromatic carbocycles. The normalized spacial score (nSPS) is 14.5. The molecule has 3 N–H and O–H groups in total. The Bertz CT molecular complexity index is 401. The Hall–Kier alpha value is -1.24. The monoisotopic (exact) mass is 302 g/mol. The number of hydrogen-bond donors (Lipinski definition) is 2. The van der Waals surface area contributed by atoms with Gasteiger partial charge in [-0.15, -0.1) is 0 Å². The van der Waals surface area contributed by atoms with Crippen molar-refractivity contribution in [2.24, 2.45) is 5.73 Å². The van der Waals surface area contributed by atoms with Gasteiger partial charge in [0.05, 0.1) is 26.3 Å². The predicted molar refractivity (Wildman–Crippen MR) is 78.7 cm³/mol.